The van der Waals surface area contributed by atoms with Crippen molar-refractivity contribution in [1.82, 2.24) is 10.9 Å². The van der Waals surface area contributed by atoms with Crippen LogP contribution in [-0.4, -0.2) is 13.1 Å². The van der Waals surface area contributed by atoms with Crippen molar-refractivity contribution >= 4 is 0 Å². The molecule has 170 valence electrons. The second kappa shape index (κ2) is 17.8. The zero-order chi connectivity index (χ0) is 21.1. The standard InChI is InChI=1S/C26H56N2/c1-25(2,3)21-17-13-9-7-11-15-19-23-27-28-24-20-16-12-8-10-14-18-22-26(4,5)6/h27-28H,7-24H2,1-6H3. The van der Waals surface area contributed by atoms with Crippen LogP contribution in [0.15, 0.2) is 0 Å². The van der Waals surface area contributed by atoms with E-state index < -0.39 is 0 Å². The van der Waals surface area contributed by atoms with Crippen molar-refractivity contribution in [2.45, 2.75) is 144 Å². The van der Waals surface area contributed by atoms with Crippen molar-refractivity contribution in [2.75, 3.05) is 13.1 Å². The maximum atomic E-state index is 3.40. The molecule has 0 atom stereocenters. The van der Waals surface area contributed by atoms with Crippen LogP contribution in [0.4, 0.5) is 0 Å². The Morgan fingerprint density at radius 1 is 0.357 bits per heavy atom. The smallest absolute Gasteiger partial charge is 0.00997 e. The molecule has 0 rings (SSSR count). The van der Waals surface area contributed by atoms with E-state index in [9.17, 15) is 0 Å². The number of unbranched alkanes of at least 4 members (excludes halogenated alkanes) is 12. The molecule has 0 saturated carbocycles. The van der Waals surface area contributed by atoms with Crippen molar-refractivity contribution in [3.05, 3.63) is 0 Å². The minimum absolute atomic E-state index is 0.518. The summed E-state index contributed by atoms with van der Waals surface area (Å²) in [5.74, 6) is 0. The average molecular weight is 397 g/mol. The molecule has 0 saturated heterocycles. The maximum absolute atomic E-state index is 3.40. The van der Waals surface area contributed by atoms with Gasteiger partial charge < -0.3 is 0 Å². The minimum Gasteiger partial charge on any atom is -0.258 e. The molecule has 0 fully saturated rings. The van der Waals surface area contributed by atoms with Crippen molar-refractivity contribution in [1.29, 1.82) is 0 Å². The van der Waals surface area contributed by atoms with Gasteiger partial charge in [-0.05, 0) is 36.5 Å². The fraction of sp³-hybridized carbons (Fsp3) is 1.00. The van der Waals surface area contributed by atoms with Crippen LogP contribution in [-0.2, 0) is 0 Å². The number of hydrogen-bond acceptors (Lipinski definition) is 2. The molecule has 0 aliphatic heterocycles. The third kappa shape index (κ3) is 25.9. The van der Waals surface area contributed by atoms with Gasteiger partial charge in [-0.3, -0.25) is 10.9 Å². The Kier molecular flexibility index (Phi) is 17.7. The van der Waals surface area contributed by atoms with Crippen LogP contribution in [0.1, 0.15) is 144 Å². The molecule has 0 aliphatic rings. The molecule has 28 heavy (non-hydrogen) atoms. The van der Waals surface area contributed by atoms with Gasteiger partial charge >= 0.3 is 0 Å². The highest BCUT2D eigenvalue weighted by Crippen LogP contribution is 2.23. The first-order valence-corrected chi connectivity index (χ1v) is 12.7. The number of nitrogens with one attached hydrogen (secondary N) is 2. The van der Waals surface area contributed by atoms with Gasteiger partial charge in [0.25, 0.3) is 0 Å². The van der Waals surface area contributed by atoms with Gasteiger partial charge in [0.15, 0.2) is 0 Å². The van der Waals surface area contributed by atoms with Gasteiger partial charge in [0, 0.05) is 13.1 Å². The highest BCUT2D eigenvalue weighted by Gasteiger charge is 2.09. The molecule has 0 unspecified atom stereocenters. The van der Waals surface area contributed by atoms with E-state index >= 15 is 0 Å². The zero-order valence-corrected chi connectivity index (χ0v) is 20.7. The molecular formula is C26H56N2. The monoisotopic (exact) mass is 396 g/mol. The molecule has 2 heteroatoms. The molecular weight excluding hydrogens is 340 g/mol. The summed E-state index contributed by atoms with van der Waals surface area (Å²) in [6.45, 7) is 16.4. The van der Waals surface area contributed by atoms with E-state index in [4.69, 9.17) is 0 Å². The Morgan fingerprint density at radius 3 is 0.893 bits per heavy atom. The van der Waals surface area contributed by atoms with Crippen LogP contribution in [0, 0.1) is 10.8 Å². The zero-order valence-electron chi connectivity index (χ0n) is 20.7. The number of rotatable bonds is 19. The summed E-state index contributed by atoms with van der Waals surface area (Å²) in [5, 5.41) is 0. The Balaban J connectivity index is 3.07. The molecule has 2 nitrogen and oxygen atoms in total. The fourth-order valence-electron chi connectivity index (χ4n) is 3.68. The minimum atomic E-state index is 0.518. The van der Waals surface area contributed by atoms with Crippen LogP contribution < -0.4 is 10.9 Å². The second-order valence-electron chi connectivity index (χ2n) is 11.4. The first kappa shape index (κ1) is 27.9. The molecule has 0 heterocycles. The van der Waals surface area contributed by atoms with E-state index in [2.05, 4.69) is 52.4 Å². The fourth-order valence-corrected chi connectivity index (χ4v) is 3.68. The summed E-state index contributed by atoms with van der Waals surface area (Å²) in [4.78, 5) is 0. The van der Waals surface area contributed by atoms with E-state index in [1.165, 1.54) is 103 Å². The predicted octanol–water partition coefficient (Wildman–Crippen LogP) is 8.41. The van der Waals surface area contributed by atoms with E-state index in [-0.39, 0.29) is 0 Å². The lowest BCUT2D eigenvalue weighted by Gasteiger charge is -2.17. The summed E-state index contributed by atoms with van der Waals surface area (Å²) < 4.78 is 0. The molecule has 0 spiro atoms. The van der Waals surface area contributed by atoms with E-state index in [1.807, 2.05) is 0 Å². The van der Waals surface area contributed by atoms with Crippen molar-refractivity contribution < 1.29 is 0 Å². The SMILES string of the molecule is CC(C)(C)CCCCCCCCCNNCCCCCCCCCC(C)(C)C. The van der Waals surface area contributed by atoms with Gasteiger partial charge in [0.2, 0.25) is 0 Å². The molecule has 0 aliphatic carbocycles. The van der Waals surface area contributed by atoms with Gasteiger partial charge in [-0.15, -0.1) is 0 Å². The Hall–Kier alpha value is -0.0800. The summed E-state index contributed by atoms with van der Waals surface area (Å²) in [6, 6.07) is 0. The van der Waals surface area contributed by atoms with Crippen molar-refractivity contribution in [3.63, 3.8) is 0 Å². The van der Waals surface area contributed by atoms with E-state index in [0.717, 1.165) is 13.1 Å². The number of hydrazine groups is 1. The summed E-state index contributed by atoms with van der Waals surface area (Å²) in [7, 11) is 0. The first-order valence-electron chi connectivity index (χ1n) is 12.7. The van der Waals surface area contributed by atoms with Gasteiger partial charge in [-0.2, -0.15) is 0 Å². The third-order valence-electron chi connectivity index (χ3n) is 5.58. The van der Waals surface area contributed by atoms with Crippen molar-refractivity contribution in [2.24, 2.45) is 10.8 Å². The summed E-state index contributed by atoms with van der Waals surface area (Å²) in [6.07, 6.45) is 22.3. The van der Waals surface area contributed by atoms with E-state index in [1.54, 1.807) is 0 Å². The normalized spacial score (nSPS) is 12.6. The maximum Gasteiger partial charge on any atom is 0.00997 e. The third-order valence-corrected chi connectivity index (χ3v) is 5.58. The highest BCUT2D eigenvalue weighted by molar-refractivity contribution is 4.62. The lowest BCUT2D eigenvalue weighted by atomic mass is 9.89. The van der Waals surface area contributed by atoms with Gasteiger partial charge in [-0.25, -0.2) is 0 Å². The first-order chi connectivity index (χ1) is 13.2. The van der Waals surface area contributed by atoms with E-state index in [0.29, 0.717) is 10.8 Å². The quantitative estimate of drug-likeness (QED) is 0.169. The molecule has 0 aromatic carbocycles. The molecule has 0 aromatic heterocycles. The number of hydrogen-bond donors (Lipinski definition) is 2. The average Bonchev–Trinajstić information content (AvgIpc) is 2.58. The predicted molar refractivity (Wildman–Crippen MR) is 129 cm³/mol. The van der Waals surface area contributed by atoms with Gasteiger partial charge in [0.1, 0.15) is 0 Å². The van der Waals surface area contributed by atoms with Gasteiger partial charge in [-0.1, -0.05) is 119 Å². The van der Waals surface area contributed by atoms with Crippen LogP contribution in [0.25, 0.3) is 0 Å². The van der Waals surface area contributed by atoms with Gasteiger partial charge in [0.05, 0.1) is 0 Å². The Morgan fingerprint density at radius 2 is 0.607 bits per heavy atom. The van der Waals surface area contributed by atoms with Crippen LogP contribution >= 0.6 is 0 Å². The Labute approximate surface area is 179 Å². The summed E-state index contributed by atoms with van der Waals surface area (Å²) in [5.41, 5.74) is 7.83. The molecule has 2 N–H and O–H groups in total. The largest absolute Gasteiger partial charge is 0.258 e. The lowest BCUT2D eigenvalue weighted by Crippen LogP contribution is -2.33. The van der Waals surface area contributed by atoms with Crippen molar-refractivity contribution in [3.8, 4) is 0 Å². The van der Waals surface area contributed by atoms with Crippen LogP contribution in [0.3, 0.4) is 0 Å². The molecule has 0 radical (unpaired) electrons. The summed E-state index contributed by atoms with van der Waals surface area (Å²) >= 11 is 0. The molecule has 0 bridgehead atoms. The topological polar surface area (TPSA) is 24.1 Å². The molecule has 0 amide bonds. The molecule has 0 aromatic rings. The Bertz CT molecular complexity index is 279. The lowest BCUT2D eigenvalue weighted by molar-refractivity contribution is 0.356. The second-order valence-corrected chi connectivity index (χ2v) is 11.4. The highest BCUT2D eigenvalue weighted by atomic mass is 15.3. The van der Waals surface area contributed by atoms with Crippen LogP contribution in [0.2, 0.25) is 0 Å². The van der Waals surface area contributed by atoms with Crippen LogP contribution in [0.5, 0.6) is 0 Å².